The fourth-order valence-electron chi connectivity index (χ4n) is 1.17. The van der Waals surface area contributed by atoms with Gasteiger partial charge in [-0.05, 0) is 24.3 Å². The van der Waals surface area contributed by atoms with E-state index in [4.69, 9.17) is 6.42 Å². The van der Waals surface area contributed by atoms with Gasteiger partial charge in [-0.15, -0.1) is 6.42 Å². The van der Waals surface area contributed by atoms with Gasteiger partial charge in [0, 0.05) is 5.57 Å². The molecule has 0 aliphatic rings. The normalized spacial score (nSPS) is 13.9. The van der Waals surface area contributed by atoms with Crippen LogP contribution >= 0.6 is 0 Å². The number of benzene rings is 1. The van der Waals surface area contributed by atoms with Crippen molar-refractivity contribution in [3.05, 3.63) is 34.7 Å². The molecule has 1 aromatic rings. The quantitative estimate of drug-likeness (QED) is 0.496. The van der Waals surface area contributed by atoms with Crippen LogP contribution in [0.1, 0.15) is 13.8 Å². The van der Waals surface area contributed by atoms with Crippen molar-refractivity contribution in [2.75, 3.05) is 0 Å². The van der Waals surface area contributed by atoms with Gasteiger partial charge in [-0.25, -0.2) is 0 Å². The third-order valence-corrected chi connectivity index (χ3v) is 1.89. The summed E-state index contributed by atoms with van der Waals surface area (Å²) in [7, 11) is 0. The van der Waals surface area contributed by atoms with Crippen molar-refractivity contribution in [3.8, 4) is 12.3 Å². The molecule has 0 saturated heterocycles. The summed E-state index contributed by atoms with van der Waals surface area (Å²) in [5, 5.41) is 2.36. The summed E-state index contributed by atoms with van der Waals surface area (Å²) >= 11 is 0. The minimum Gasteiger partial charge on any atom is -0.115 e. The SMILES string of the molecule is C#C/C(C)=c1/cccc/c1=C/C. The molecule has 0 N–H and O–H groups in total. The van der Waals surface area contributed by atoms with Gasteiger partial charge in [0.15, 0.2) is 0 Å². The molecule has 0 aliphatic heterocycles. The Morgan fingerprint density at radius 3 is 2.67 bits per heavy atom. The Morgan fingerprint density at radius 2 is 2.08 bits per heavy atom. The van der Waals surface area contributed by atoms with Gasteiger partial charge >= 0.3 is 0 Å². The first-order valence-corrected chi connectivity index (χ1v) is 3.98. The van der Waals surface area contributed by atoms with E-state index in [0.717, 1.165) is 10.8 Å². The molecule has 0 amide bonds. The van der Waals surface area contributed by atoms with Crippen LogP contribution in [0.25, 0.3) is 11.6 Å². The molecule has 0 unspecified atom stereocenters. The Hall–Kier alpha value is -1.48. The standard InChI is InChI=1S/C12H12/c1-4-10(3)12-9-7-6-8-11(12)5-2/h1,5-9H,2-3H3/b11-5-,12-10-. The zero-order valence-corrected chi connectivity index (χ0v) is 7.46. The smallest absolute Gasteiger partial charge is 0.00648 e. The highest BCUT2D eigenvalue weighted by molar-refractivity contribution is 5.60. The summed E-state index contributed by atoms with van der Waals surface area (Å²) < 4.78 is 0. The molecule has 1 aromatic carbocycles. The van der Waals surface area contributed by atoms with Gasteiger partial charge in [-0.3, -0.25) is 0 Å². The summed E-state index contributed by atoms with van der Waals surface area (Å²) in [6, 6.07) is 8.13. The van der Waals surface area contributed by atoms with Gasteiger partial charge in [0.1, 0.15) is 0 Å². The molecular weight excluding hydrogens is 144 g/mol. The Morgan fingerprint density at radius 1 is 1.42 bits per heavy atom. The van der Waals surface area contributed by atoms with Gasteiger partial charge in [0.2, 0.25) is 0 Å². The summed E-state index contributed by atoms with van der Waals surface area (Å²) in [4.78, 5) is 0. The maximum atomic E-state index is 5.33. The van der Waals surface area contributed by atoms with E-state index in [1.807, 2.05) is 32.0 Å². The van der Waals surface area contributed by atoms with Crippen molar-refractivity contribution >= 4 is 11.6 Å². The average Bonchev–Trinajstić information content (AvgIpc) is 2.16. The number of hydrogen-bond acceptors (Lipinski definition) is 0. The zero-order chi connectivity index (χ0) is 8.97. The van der Waals surface area contributed by atoms with E-state index in [0.29, 0.717) is 0 Å². The van der Waals surface area contributed by atoms with Crippen LogP contribution < -0.4 is 10.4 Å². The Labute approximate surface area is 73.2 Å². The van der Waals surface area contributed by atoms with E-state index < -0.39 is 0 Å². The van der Waals surface area contributed by atoms with Crippen LogP contribution in [0.5, 0.6) is 0 Å². The van der Waals surface area contributed by atoms with E-state index in [-0.39, 0.29) is 0 Å². The highest BCUT2D eigenvalue weighted by atomic mass is 13.9. The molecular formula is C12H12. The van der Waals surface area contributed by atoms with Crippen molar-refractivity contribution in [1.82, 2.24) is 0 Å². The molecule has 12 heavy (non-hydrogen) atoms. The fourth-order valence-corrected chi connectivity index (χ4v) is 1.17. The van der Waals surface area contributed by atoms with Crippen LogP contribution in [-0.4, -0.2) is 0 Å². The van der Waals surface area contributed by atoms with Gasteiger partial charge < -0.3 is 0 Å². The Balaban J connectivity index is 3.69. The van der Waals surface area contributed by atoms with Crippen LogP contribution in [0.3, 0.4) is 0 Å². The molecule has 60 valence electrons. The topological polar surface area (TPSA) is 0 Å². The van der Waals surface area contributed by atoms with Gasteiger partial charge in [0.05, 0.1) is 0 Å². The lowest BCUT2D eigenvalue weighted by atomic mass is 10.1. The zero-order valence-electron chi connectivity index (χ0n) is 7.46. The van der Waals surface area contributed by atoms with E-state index in [1.165, 1.54) is 5.22 Å². The molecule has 0 saturated carbocycles. The van der Waals surface area contributed by atoms with Crippen molar-refractivity contribution in [2.45, 2.75) is 13.8 Å². The summed E-state index contributed by atoms with van der Waals surface area (Å²) in [5.41, 5.74) is 0.990. The molecule has 0 radical (unpaired) electrons. The molecule has 0 aromatic heterocycles. The number of rotatable bonds is 0. The van der Waals surface area contributed by atoms with Gasteiger partial charge in [-0.2, -0.15) is 0 Å². The Bertz CT molecular complexity index is 416. The van der Waals surface area contributed by atoms with Crippen molar-refractivity contribution < 1.29 is 0 Å². The molecule has 0 heteroatoms. The first-order valence-electron chi connectivity index (χ1n) is 3.98. The van der Waals surface area contributed by atoms with Crippen molar-refractivity contribution in [1.29, 1.82) is 0 Å². The Kier molecular flexibility index (Phi) is 2.71. The monoisotopic (exact) mass is 156 g/mol. The van der Waals surface area contributed by atoms with Crippen LogP contribution in [0.15, 0.2) is 24.3 Å². The minimum atomic E-state index is 0.990. The molecule has 0 nitrogen and oxygen atoms in total. The third-order valence-electron chi connectivity index (χ3n) is 1.89. The van der Waals surface area contributed by atoms with E-state index in [9.17, 15) is 0 Å². The summed E-state index contributed by atoms with van der Waals surface area (Å²) in [6.07, 6.45) is 7.39. The van der Waals surface area contributed by atoms with E-state index in [2.05, 4.69) is 18.1 Å². The van der Waals surface area contributed by atoms with Crippen LogP contribution in [-0.2, 0) is 0 Å². The van der Waals surface area contributed by atoms with E-state index in [1.54, 1.807) is 0 Å². The van der Waals surface area contributed by atoms with Crippen LogP contribution in [0.2, 0.25) is 0 Å². The maximum Gasteiger partial charge on any atom is 0.00648 e. The molecule has 0 atom stereocenters. The van der Waals surface area contributed by atoms with Gasteiger partial charge in [-0.1, -0.05) is 36.3 Å². The highest BCUT2D eigenvalue weighted by Crippen LogP contribution is 1.83. The number of hydrogen-bond donors (Lipinski definition) is 0. The molecule has 0 aliphatic carbocycles. The predicted octanol–water partition coefficient (Wildman–Crippen LogP) is 1.29. The van der Waals surface area contributed by atoms with Crippen LogP contribution in [0.4, 0.5) is 0 Å². The second-order valence-electron chi connectivity index (χ2n) is 2.65. The second-order valence-corrected chi connectivity index (χ2v) is 2.65. The van der Waals surface area contributed by atoms with Crippen molar-refractivity contribution in [3.63, 3.8) is 0 Å². The van der Waals surface area contributed by atoms with Gasteiger partial charge in [0.25, 0.3) is 0 Å². The van der Waals surface area contributed by atoms with Crippen LogP contribution in [0, 0.1) is 12.3 Å². The first kappa shape index (κ1) is 8.62. The molecule has 0 bridgehead atoms. The summed E-state index contributed by atoms with van der Waals surface area (Å²) in [6.45, 7) is 3.98. The lowest BCUT2D eigenvalue weighted by Gasteiger charge is -1.91. The highest BCUT2D eigenvalue weighted by Gasteiger charge is 1.86. The molecule has 0 heterocycles. The summed E-state index contributed by atoms with van der Waals surface area (Å²) in [5.74, 6) is 2.65. The molecule has 0 spiro atoms. The minimum absolute atomic E-state index is 0.990. The molecule has 1 rings (SSSR count). The predicted molar refractivity (Wildman–Crippen MR) is 53.7 cm³/mol. The van der Waals surface area contributed by atoms with Crippen molar-refractivity contribution in [2.24, 2.45) is 0 Å². The fraction of sp³-hybridized carbons (Fsp3) is 0.167. The molecule has 0 fully saturated rings. The van der Waals surface area contributed by atoms with E-state index >= 15 is 0 Å². The largest absolute Gasteiger partial charge is 0.115 e. The lowest BCUT2D eigenvalue weighted by molar-refractivity contribution is 1.47. The maximum absolute atomic E-state index is 5.33. The first-order chi connectivity index (χ1) is 5.79. The second kappa shape index (κ2) is 3.78. The third kappa shape index (κ3) is 1.57. The average molecular weight is 156 g/mol. The number of terminal acetylenes is 1. The lowest BCUT2D eigenvalue weighted by Crippen LogP contribution is -2.24.